The maximum atomic E-state index is 13.0. The monoisotopic (exact) mass is 256 g/mol. The van der Waals surface area contributed by atoms with Crippen LogP contribution in [-0.2, 0) is 4.79 Å². The Labute approximate surface area is 106 Å². The van der Waals surface area contributed by atoms with Crippen LogP contribution in [-0.4, -0.2) is 31.4 Å². The molecular formula is C13H18F2N2O. The molecule has 0 bridgehead atoms. The largest absolute Gasteiger partial charge is 0.349 e. The molecule has 1 aromatic carbocycles. The van der Waals surface area contributed by atoms with Gasteiger partial charge in [0.05, 0.1) is 0 Å². The molecule has 0 aromatic heterocycles. The van der Waals surface area contributed by atoms with Crippen molar-refractivity contribution in [1.29, 1.82) is 0 Å². The summed E-state index contributed by atoms with van der Waals surface area (Å²) in [6.45, 7) is 2.34. The van der Waals surface area contributed by atoms with E-state index in [9.17, 15) is 13.6 Å². The number of amides is 1. The Balaban J connectivity index is 2.48. The van der Waals surface area contributed by atoms with Gasteiger partial charge in [-0.3, -0.25) is 4.79 Å². The van der Waals surface area contributed by atoms with E-state index in [1.165, 1.54) is 17.0 Å². The molecule has 1 unspecified atom stereocenters. The van der Waals surface area contributed by atoms with E-state index in [0.29, 0.717) is 18.5 Å². The van der Waals surface area contributed by atoms with Crippen LogP contribution >= 0.6 is 0 Å². The normalized spacial score (nSPS) is 12.3. The first-order chi connectivity index (χ1) is 8.41. The Morgan fingerprint density at radius 2 is 2.00 bits per heavy atom. The molecule has 18 heavy (non-hydrogen) atoms. The summed E-state index contributed by atoms with van der Waals surface area (Å²) in [6, 6.07) is 3.67. The van der Waals surface area contributed by atoms with Crippen LogP contribution in [0.4, 0.5) is 8.78 Å². The molecular weight excluding hydrogens is 238 g/mol. The van der Waals surface area contributed by atoms with Crippen molar-refractivity contribution in [2.45, 2.75) is 19.4 Å². The van der Waals surface area contributed by atoms with E-state index in [2.05, 4.69) is 5.32 Å². The highest BCUT2D eigenvalue weighted by Gasteiger charge is 2.10. The van der Waals surface area contributed by atoms with Crippen LogP contribution in [0.3, 0.4) is 0 Å². The highest BCUT2D eigenvalue weighted by molar-refractivity contribution is 5.75. The molecule has 5 heteroatoms. The van der Waals surface area contributed by atoms with E-state index in [1.54, 1.807) is 14.1 Å². The zero-order valence-corrected chi connectivity index (χ0v) is 10.8. The van der Waals surface area contributed by atoms with Crippen molar-refractivity contribution in [2.24, 2.45) is 0 Å². The van der Waals surface area contributed by atoms with Crippen LogP contribution in [0.1, 0.15) is 24.9 Å². The van der Waals surface area contributed by atoms with E-state index in [-0.39, 0.29) is 11.9 Å². The lowest BCUT2D eigenvalue weighted by molar-refractivity contribution is -0.128. The van der Waals surface area contributed by atoms with Crippen LogP contribution in [0, 0.1) is 11.6 Å². The molecule has 0 radical (unpaired) electrons. The first-order valence-electron chi connectivity index (χ1n) is 5.80. The Morgan fingerprint density at radius 3 is 2.56 bits per heavy atom. The molecule has 0 aliphatic rings. The summed E-state index contributed by atoms with van der Waals surface area (Å²) in [6.07, 6.45) is 0.376. The molecule has 0 aliphatic heterocycles. The molecule has 0 fully saturated rings. The summed E-state index contributed by atoms with van der Waals surface area (Å²) in [7, 11) is 3.39. The van der Waals surface area contributed by atoms with Gasteiger partial charge in [-0.1, -0.05) is 6.07 Å². The summed E-state index contributed by atoms with van der Waals surface area (Å²) < 4.78 is 25.8. The Kier molecular flexibility index (Phi) is 5.22. The molecule has 1 rings (SSSR count). The first-order valence-corrected chi connectivity index (χ1v) is 5.80. The van der Waals surface area contributed by atoms with Crippen molar-refractivity contribution in [3.05, 3.63) is 35.4 Å². The number of carbonyl (C=O) groups excluding carboxylic acids is 1. The molecule has 1 amide bonds. The molecule has 1 atom stereocenters. The number of nitrogens with one attached hydrogen (secondary N) is 1. The smallest absolute Gasteiger partial charge is 0.223 e. The third-order valence-electron chi connectivity index (χ3n) is 2.73. The van der Waals surface area contributed by atoms with Gasteiger partial charge in [0.2, 0.25) is 5.91 Å². The van der Waals surface area contributed by atoms with Gasteiger partial charge in [0.15, 0.2) is 11.6 Å². The maximum absolute atomic E-state index is 13.0. The summed E-state index contributed by atoms with van der Waals surface area (Å²) in [5, 5.41) is 3.09. The van der Waals surface area contributed by atoms with Crippen LogP contribution < -0.4 is 5.32 Å². The third kappa shape index (κ3) is 4.07. The van der Waals surface area contributed by atoms with Gasteiger partial charge in [-0.2, -0.15) is 0 Å². The van der Waals surface area contributed by atoms with Crippen molar-refractivity contribution in [2.75, 3.05) is 20.6 Å². The van der Waals surface area contributed by atoms with Crippen molar-refractivity contribution >= 4 is 5.91 Å². The minimum Gasteiger partial charge on any atom is -0.349 e. The fraction of sp³-hybridized carbons (Fsp3) is 0.462. The summed E-state index contributed by atoms with van der Waals surface area (Å²) >= 11 is 0. The van der Waals surface area contributed by atoms with E-state index in [1.807, 2.05) is 6.92 Å². The van der Waals surface area contributed by atoms with Crippen LogP contribution in [0.5, 0.6) is 0 Å². The van der Waals surface area contributed by atoms with Crippen LogP contribution in [0.2, 0.25) is 0 Å². The lowest BCUT2D eigenvalue weighted by atomic mass is 10.1. The minimum absolute atomic E-state index is 0.0278. The molecule has 0 saturated carbocycles. The average molecular weight is 256 g/mol. The number of halogens is 2. The lowest BCUT2D eigenvalue weighted by Crippen LogP contribution is -2.28. The van der Waals surface area contributed by atoms with Crippen LogP contribution in [0.25, 0.3) is 0 Å². The maximum Gasteiger partial charge on any atom is 0.223 e. The number of rotatable bonds is 5. The highest BCUT2D eigenvalue weighted by Crippen LogP contribution is 2.15. The number of nitrogens with zero attached hydrogens (tertiary/aromatic N) is 1. The van der Waals surface area contributed by atoms with Crippen molar-refractivity contribution in [1.82, 2.24) is 10.2 Å². The number of carbonyl (C=O) groups is 1. The summed E-state index contributed by atoms with van der Waals surface area (Å²) in [5.41, 5.74) is 0.659. The Morgan fingerprint density at radius 1 is 1.33 bits per heavy atom. The van der Waals surface area contributed by atoms with Gasteiger partial charge in [-0.25, -0.2) is 8.78 Å². The fourth-order valence-corrected chi connectivity index (χ4v) is 1.52. The van der Waals surface area contributed by atoms with Gasteiger partial charge in [-0.15, -0.1) is 0 Å². The third-order valence-corrected chi connectivity index (χ3v) is 2.73. The Hall–Kier alpha value is -1.49. The SMILES string of the molecule is CC(NCCC(=O)N(C)C)c1ccc(F)c(F)c1. The standard InChI is InChI=1S/C13H18F2N2O/c1-9(16-7-6-13(18)17(2)3)10-4-5-11(14)12(15)8-10/h4-5,8-9,16H,6-7H2,1-3H3. The van der Waals surface area contributed by atoms with Gasteiger partial charge in [0.1, 0.15) is 0 Å². The van der Waals surface area contributed by atoms with E-state index in [4.69, 9.17) is 0 Å². The molecule has 0 aliphatic carbocycles. The molecule has 0 saturated heterocycles. The zero-order valence-electron chi connectivity index (χ0n) is 10.8. The van der Waals surface area contributed by atoms with Gasteiger partial charge in [-0.05, 0) is 24.6 Å². The predicted molar refractivity (Wildman–Crippen MR) is 66.1 cm³/mol. The average Bonchev–Trinajstić information content (AvgIpc) is 2.32. The van der Waals surface area contributed by atoms with Crippen molar-refractivity contribution in [3.8, 4) is 0 Å². The predicted octanol–water partition coefficient (Wildman–Crippen LogP) is 2.09. The second kappa shape index (κ2) is 6.44. The molecule has 100 valence electrons. The van der Waals surface area contributed by atoms with Gasteiger partial charge < -0.3 is 10.2 Å². The minimum atomic E-state index is -0.856. The summed E-state index contributed by atoms with van der Waals surface area (Å²) in [5.74, 6) is -1.68. The molecule has 1 aromatic rings. The lowest BCUT2D eigenvalue weighted by Gasteiger charge is -2.15. The van der Waals surface area contributed by atoms with Gasteiger partial charge >= 0.3 is 0 Å². The zero-order chi connectivity index (χ0) is 13.7. The molecule has 0 heterocycles. The molecule has 0 spiro atoms. The second-order valence-corrected chi connectivity index (χ2v) is 4.39. The van der Waals surface area contributed by atoms with E-state index in [0.717, 1.165) is 6.07 Å². The van der Waals surface area contributed by atoms with Gasteiger partial charge in [0, 0.05) is 33.1 Å². The quantitative estimate of drug-likeness (QED) is 0.875. The van der Waals surface area contributed by atoms with Gasteiger partial charge in [0.25, 0.3) is 0 Å². The number of benzene rings is 1. The Bertz CT molecular complexity index is 421. The van der Waals surface area contributed by atoms with E-state index < -0.39 is 11.6 Å². The number of hydrogen-bond donors (Lipinski definition) is 1. The van der Waals surface area contributed by atoms with Crippen molar-refractivity contribution < 1.29 is 13.6 Å². The first kappa shape index (κ1) is 14.6. The molecule has 1 N–H and O–H groups in total. The highest BCUT2D eigenvalue weighted by atomic mass is 19.2. The second-order valence-electron chi connectivity index (χ2n) is 4.39. The molecule has 3 nitrogen and oxygen atoms in total. The number of hydrogen-bond acceptors (Lipinski definition) is 2. The summed E-state index contributed by atoms with van der Waals surface area (Å²) in [4.78, 5) is 12.9. The van der Waals surface area contributed by atoms with E-state index >= 15 is 0 Å². The topological polar surface area (TPSA) is 32.3 Å². The fourth-order valence-electron chi connectivity index (χ4n) is 1.52. The van der Waals surface area contributed by atoms with Crippen LogP contribution in [0.15, 0.2) is 18.2 Å². The van der Waals surface area contributed by atoms with Crippen molar-refractivity contribution in [3.63, 3.8) is 0 Å².